The third-order valence-corrected chi connectivity index (χ3v) is 9.67. The minimum atomic E-state index is -0.717. The smallest absolute Gasteiger partial charge is 0.322 e. The van der Waals surface area contributed by atoms with Gasteiger partial charge in [0.25, 0.3) is 0 Å². The van der Waals surface area contributed by atoms with Crippen LogP contribution in [0.2, 0.25) is 0 Å². The molecule has 4 aromatic rings. The molecule has 2 amide bonds. The van der Waals surface area contributed by atoms with Gasteiger partial charge in [0.1, 0.15) is 29.8 Å². The van der Waals surface area contributed by atoms with Crippen molar-refractivity contribution in [2.24, 2.45) is 0 Å². The summed E-state index contributed by atoms with van der Waals surface area (Å²) in [6.45, 7) is 5.01. The molecule has 0 aliphatic carbocycles. The number of carbonyl (C=O) groups excluding carboxylic acids is 2. The number of methoxy groups -OCH3 is 1. The van der Waals surface area contributed by atoms with Crippen molar-refractivity contribution in [1.82, 2.24) is 24.3 Å². The van der Waals surface area contributed by atoms with Gasteiger partial charge in [-0.3, -0.25) is 4.79 Å². The van der Waals surface area contributed by atoms with E-state index in [4.69, 9.17) is 4.74 Å². The Hall–Kier alpha value is -4.51. The third-order valence-electron chi connectivity index (χ3n) is 9.67. The first-order valence-corrected chi connectivity index (χ1v) is 16.3. The van der Waals surface area contributed by atoms with Crippen LogP contribution in [0, 0.1) is 0 Å². The molecule has 3 aliphatic rings. The molecule has 2 fully saturated rings. The van der Waals surface area contributed by atoms with Gasteiger partial charge in [-0.05, 0) is 68.5 Å². The Labute approximate surface area is 268 Å². The van der Waals surface area contributed by atoms with Crippen molar-refractivity contribution in [3.8, 4) is 5.75 Å². The van der Waals surface area contributed by atoms with Gasteiger partial charge in [0.15, 0.2) is 0 Å². The van der Waals surface area contributed by atoms with Gasteiger partial charge in [0.2, 0.25) is 5.78 Å². The van der Waals surface area contributed by atoms with Gasteiger partial charge in [-0.25, -0.2) is 19.2 Å². The lowest BCUT2D eigenvalue weighted by atomic mass is 10.0. The highest BCUT2D eigenvalue weighted by molar-refractivity contribution is 6.15. The van der Waals surface area contributed by atoms with Crippen LogP contribution in [-0.2, 0) is 13.0 Å². The summed E-state index contributed by atoms with van der Waals surface area (Å²) < 4.78 is 21.1. The Morgan fingerprint density at radius 3 is 2.67 bits per heavy atom. The van der Waals surface area contributed by atoms with E-state index < -0.39 is 6.17 Å². The molecule has 2 aromatic heterocycles. The van der Waals surface area contributed by atoms with E-state index in [1.807, 2.05) is 53.6 Å². The monoisotopic (exact) mass is 625 g/mol. The molecule has 0 bridgehead atoms. The molecule has 7 rings (SSSR count). The Morgan fingerprint density at radius 1 is 1.02 bits per heavy atom. The highest BCUT2D eigenvalue weighted by Crippen LogP contribution is 2.29. The van der Waals surface area contributed by atoms with Crippen LogP contribution >= 0.6 is 0 Å². The first kappa shape index (κ1) is 30.2. The van der Waals surface area contributed by atoms with Crippen molar-refractivity contribution in [2.75, 3.05) is 56.6 Å². The van der Waals surface area contributed by atoms with Crippen LogP contribution in [0.15, 0.2) is 61.1 Å². The average molecular weight is 626 g/mol. The van der Waals surface area contributed by atoms with E-state index in [1.165, 1.54) is 6.33 Å². The number of fused-ring (bicyclic) bond motifs is 2. The lowest BCUT2D eigenvalue weighted by molar-refractivity contribution is 0.103. The Morgan fingerprint density at radius 2 is 1.87 bits per heavy atom. The van der Waals surface area contributed by atoms with Crippen molar-refractivity contribution >= 4 is 34.2 Å². The molecular weight excluding hydrogens is 585 g/mol. The van der Waals surface area contributed by atoms with Gasteiger partial charge in [0, 0.05) is 79.7 Å². The third kappa shape index (κ3) is 6.16. The fraction of sp³-hybridized carbons (Fsp3) is 0.429. The van der Waals surface area contributed by atoms with E-state index in [0.717, 1.165) is 92.1 Å². The van der Waals surface area contributed by atoms with Crippen LogP contribution in [0.25, 0.3) is 10.9 Å². The van der Waals surface area contributed by atoms with E-state index in [2.05, 4.69) is 29.7 Å². The number of hydrogen-bond donors (Lipinski definition) is 1. The SMILES string of the molecule is COc1ccc2c(c1)CCN(C1CCN(c3cc(C(=O)c4cn(CCCN5CC[C@H](F)C5)c5ccccc45)ncn3)CC1)C(=O)N2. The van der Waals surface area contributed by atoms with Gasteiger partial charge in [0.05, 0.1) is 7.11 Å². The summed E-state index contributed by atoms with van der Waals surface area (Å²) >= 11 is 0. The molecule has 11 heteroatoms. The predicted octanol–water partition coefficient (Wildman–Crippen LogP) is 5.16. The minimum absolute atomic E-state index is 0.0686. The van der Waals surface area contributed by atoms with Crippen molar-refractivity contribution in [3.63, 3.8) is 0 Å². The van der Waals surface area contributed by atoms with E-state index in [-0.39, 0.29) is 17.9 Å². The maximum absolute atomic E-state index is 13.9. The number of amides is 2. The molecule has 5 heterocycles. The number of piperidine rings is 1. The first-order chi connectivity index (χ1) is 22.5. The number of anilines is 2. The normalized spacial score (nSPS) is 19.3. The Balaban J connectivity index is 1.01. The van der Waals surface area contributed by atoms with E-state index >= 15 is 0 Å². The topological polar surface area (TPSA) is 95.8 Å². The molecule has 2 saturated heterocycles. The lowest BCUT2D eigenvalue weighted by Gasteiger charge is -2.38. The number of para-hydroxylation sites is 1. The molecule has 46 heavy (non-hydrogen) atoms. The average Bonchev–Trinajstić information content (AvgIpc) is 3.63. The van der Waals surface area contributed by atoms with Crippen molar-refractivity contribution in [1.29, 1.82) is 0 Å². The number of nitrogens with zero attached hydrogens (tertiary/aromatic N) is 6. The molecule has 1 atom stereocenters. The Kier molecular flexibility index (Phi) is 8.57. The summed E-state index contributed by atoms with van der Waals surface area (Å²) in [7, 11) is 1.65. The van der Waals surface area contributed by atoms with Crippen LogP contribution in [0.4, 0.5) is 20.7 Å². The van der Waals surface area contributed by atoms with Crippen LogP contribution < -0.4 is 15.0 Å². The van der Waals surface area contributed by atoms with Crippen LogP contribution in [-0.4, -0.2) is 94.7 Å². The first-order valence-electron chi connectivity index (χ1n) is 16.3. The zero-order chi connectivity index (χ0) is 31.6. The second-order valence-electron chi connectivity index (χ2n) is 12.5. The summed E-state index contributed by atoms with van der Waals surface area (Å²) in [5, 5.41) is 3.98. The molecule has 240 valence electrons. The standard InChI is InChI=1S/C35H40FN7O3/c1-46-27-7-8-30-24(19-27)9-18-43(35(45)39-30)26-11-16-41(17-12-26)33-20-31(37-23-38-33)34(44)29-22-42(32-6-3-2-5-28(29)32)14-4-13-40-15-10-25(36)21-40/h2-3,5-8,19-20,22-23,25-26H,4,9-18,21H2,1H3,(H,39,45)/t25-/m0/s1. The number of nitrogens with one attached hydrogen (secondary N) is 1. The number of likely N-dealkylation sites (tertiary alicyclic amines) is 1. The van der Waals surface area contributed by atoms with Gasteiger partial charge in [-0.1, -0.05) is 18.2 Å². The summed E-state index contributed by atoms with van der Waals surface area (Å²) in [5.74, 6) is 1.37. The minimum Gasteiger partial charge on any atom is -0.497 e. The quantitative estimate of drug-likeness (QED) is 0.257. The zero-order valence-corrected chi connectivity index (χ0v) is 26.2. The van der Waals surface area contributed by atoms with Crippen molar-refractivity contribution in [3.05, 3.63) is 77.9 Å². The van der Waals surface area contributed by atoms with Crippen molar-refractivity contribution < 1.29 is 18.7 Å². The van der Waals surface area contributed by atoms with E-state index in [0.29, 0.717) is 30.8 Å². The van der Waals surface area contributed by atoms with Crippen LogP contribution in [0.3, 0.4) is 0 Å². The summed E-state index contributed by atoms with van der Waals surface area (Å²) in [6, 6.07) is 15.6. The predicted molar refractivity (Wildman–Crippen MR) is 176 cm³/mol. The van der Waals surface area contributed by atoms with Gasteiger partial charge < -0.3 is 29.3 Å². The molecule has 2 aromatic carbocycles. The fourth-order valence-electron chi connectivity index (χ4n) is 7.16. The van der Waals surface area contributed by atoms with Crippen molar-refractivity contribution in [2.45, 2.75) is 50.9 Å². The Bertz CT molecular complexity index is 1730. The molecule has 0 radical (unpaired) electrons. The number of benzene rings is 2. The summed E-state index contributed by atoms with van der Waals surface area (Å²) in [4.78, 5) is 42.2. The number of aromatic nitrogens is 3. The number of ketones is 1. The van der Waals surface area contributed by atoms with Crippen LogP contribution in [0.5, 0.6) is 5.75 Å². The lowest BCUT2D eigenvalue weighted by Crippen LogP contribution is -2.49. The summed E-state index contributed by atoms with van der Waals surface area (Å²) in [5.41, 5.74) is 3.90. The number of urea groups is 1. The molecular formula is C35H40FN7O3. The number of rotatable bonds is 9. The molecule has 0 unspecified atom stereocenters. The van der Waals surface area contributed by atoms with Crippen LogP contribution in [0.1, 0.15) is 47.3 Å². The zero-order valence-electron chi connectivity index (χ0n) is 26.2. The second kappa shape index (κ2) is 13.1. The van der Waals surface area contributed by atoms with Gasteiger partial charge in [-0.15, -0.1) is 0 Å². The van der Waals surface area contributed by atoms with Gasteiger partial charge in [-0.2, -0.15) is 0 Å². The highest BCUT2D eigenvalue weighted by Gasteiger charge is 2.31. The molecule has 3 aliphatic heterocycles. The molecule has 10 nitrogen and oxygen atoms in total. The molecule has 1 N–H and O–H groups in total. The molecule has 0 spiro atoms. The van der Waals surface area contributed by atoms with E-state index in [1.54, 1.807) is 13.2 Å². The summed E-state index contributed by atoms with van der Waals surface area (Å²) in [6.07, 6.45) is 6.55. The number of ether oxygens (including phenoxy) is 1. The maximum atomic E-state index is 13.9. The number of aryl methyl sites for hydroxylation is 1. The number of hydrogen-bond acceptors (Lipinski definition) is 7. The van der Waals surface area contributed by atoms with E-state index in [9.17, 15) is 14.0 Å². The largest absolute Gasteiger partial charge is 0.497 e. The maximum Gasteiger partial charge on any atom is 0.322 e. The highest BCUT2D eigenvalue weighted by atomic mass is 19.1. The van der Waals surface area contributed by atoms with Gasteiger partial charge >= 0.3 is 6.03 Å². The number of carbonyl (C=O) groups is 2. The molecule has 0 saturated carbocycles. The fourth-order valence-corrected chi connectivity index (χ4v) is 7.16. The number of halogens is 1. The number of alkyl halides is 1. The second-order valence-corrected chi connectivity index (χ2v) is 12.5.